The van der Waals surface area contributed by atoms with E-state index in [4.69, 9.17) is 0 Å². The average Bonchev–Trinajstić information content (AvgIpc) is 2.43. The van der Waals surface area contributed by atoms with Gasteiger partial charge in [0, 0.05) is 24.7 Å². The van der Waals surface area contributed by atoms with Crippen molar-refractivity contribution in [3.8, 4) is 16.9 Å². The number of aromatic hydroxyl groups is 1. The lowest BCUT2D eigenvalue weighted by atomic mass is 9.95. The van der Waals surface area contributed by atoms with Crippen LogP contribution in [0.25, 0.3) is 11.1 Å². The highest BCUT2D eigenvalue weighted by Crippen LogP contribution is 2.36. The van der Waals surface area contributed by atoms with E-state index in [-0.39, 0.29) is 11.6 Å². The Bertz CT molecular complexity index is 651. The van der Waals surface area contributed by atoms with Gasteiger partial charge in [0.05, 0.1) is 0 Å². The average molecular weight is 257 g/mol. The van der Waals surface area contributed by atoms with Gasteiger partial charge in [-0.1, -0.05) is 23.8 Å². The molecule has 1 heterocycles. The van der Waals surface area contributed by atoms with E-state index in [0.29, 0.717) is 12.1 Å². The number of hydrogen-bond donors (Lipinski definition) is 1. The molecule has 0 fully saturated rings. The summed E-state index contributed by atoms with van der Waals surface area (Å²) in [5.74, 6) is -0.365. The van der Waals surface area contributed by atoms with Gasteiger partial charge in [-0.25, -0.2) is 4.39 Å². The number of hydrogen-bond acceptors (Lipinski definition) is 2. The molecule has 1 aliphatic heterocycles. The van der Waals surface area contributed by atoms with Crippen LogP contribution in [0.3, 0.4) is 0 Å². The standard InChI is InChI=1S/C16H16FNO/c1-10-3-4-14-11(5-10)8-18(2)9-12-6-13(19)7-15(17)16(12)14/h3-7,19H,8-9H2,1-2H3. The molecule has 3 heteroatoms. The van der Waals surface area contributed by atoms with Crippen LogP contribution in [0.15, 0.2) is 30.3 Å². The van der Waals surface area contributed by atoms with E-state index in [1.165, 1.54) is 11.6 Å². The number of aryl methyl sites for hydroxylation is 1. The van der Waals surface area contributed by atoms with Gasteiger partial charge in [-0.15, -0.1) is 0 Å². The first-order valence-electron chi connectivity index (χ1n) is 6.34. The number of benzene rings is 2. The third kappa shape index (κ3) is 2.10. The van der Waals surface area contributed by atoms with Crippen LogP contribution in [-0.2, 0) is 13.1 Å². The van der Waals surface area contributed by atoms with E-state index in [9.17, 15) is 9.50 Å². The maximum atomic E-state index is 14.2. The van der Waals surface area contributed by atoms with Crippen molar-refractivity contribution in [2.24, 2.45) is 0 Å². The lowest BCUT2D eigenvalue weighted by Gasteiger charge is -2.14. The van der Waals surface area contributed by atoms with Crippen molar-refractivity contribution in [1.82, 2.24) is 4.90 Å². The Kier molecular flexibility index (Phi) is 2.79. The lowest BCUT2D eigenvalue weighted by Crippen LogP contribution is -2.15. The zero-order chi connectivity index (χ0) is 13.6. The smallest absolute Gasteiger partial charge is 0.135 e. The van der Waals surface area contributed by atoms with Gasteiger partial charge < -0.3 is 5.11 Å². The summed E-state index contributed by atoms with van der Waals surface area (Å²) in [6, 6.07) is 8.92. The second-order valence-corrected chi connectivity index (χ2v) is 5.29. The van der Waals surface area contributed by atoms with Crippen molar-refractivity contribution in [1.29, 1.82) is 0 Å². The van der Waals surface area contributed by atoms with Gasteiger partial charge in [-0.2, -0.15) is 0 Å². The number of nitrogens with zero attached hydrogens (tertiary/aromatic N) is 1. The van der Waals surface area contributed by atoms with Crippen LogP contribution in [0.2, 0.25) is 0 Å². The van der Waals surface area contributed by atoms with Gasteiger partial charge in [0.1, 0.15) is 11.6 Å². The Labute approximate surface area is 112 Å². The summed E-state index contributed by atoms with van der Waals surface area (Å²) in [4.78, 5) is 2.13. The number of phenols is 1. The van der Waals surface area contributed by atoms with Gasteiger partial charge in [-0.3, -0.25) is 4.90 Å². The molecule has 0 radical (unpaired) electrons. The molecule has 0 aliphatic carbocycles. The lowest BCUT2D eigenvalue weighted by molar-refractivity contribution is 0.322. The van der Waals surface area contributed by atoms with Crippen molar-refractivity contribution < 1.29 is 9.50 Å². The summed E-state index contributed by atoms with van der Waals surface area (Å²) in [5.41, 5.74) is 4.70. The number of fused-ring (bicyclic) bond motifs is 3. The topological polar surface area (TPSA) is 23.5 Å². The maximum Gasteiger partial charge on any atom is 0.135 e. The normalized spacial score (nSPS) is 14.7. The molecule has 0 unspecified atom stereocenters. The van der Waals surface area contributed by atoms with Gasteiger partial charge in [0.25, 0.3) is 0 Å². The number of rotatable bonds is 0. The molecule has 0 amide bonds. The summed E-state index contributed by atoms with van der Waals surface area (Å²) in [6.07, 6.45) is 0. The van der Waals surface area contributed by atoms with E-state index in [1.54, 1.807) is 6.07 Å². The maximum absolute atomic E-state index is 14.2. The Balaban J connectivity index is 2.31. The second kappa shape index (κ2) is 4.35. The molecule has 0 saturated carbocycles. The molecule has 2 aromatic carbocycles. The molecule has 0 atom stereocenters. The highest BCUT2D eigenvalue weighted by atomic mass is 19.1. The monoisotopic (exact) mass is 257 g/mol. The van der Waals surface area contributed by atoms with Crippen molar-refractivity contribution in [3.63, 3.8) is 0 Å². The quantitative estimate of drug-likeness (QED) is 0.781. The predicted octanol–water partition coefficient (Wildman–Crippen LogP) is 3.45. The number of phenolic OH excluding ortho intramolecular Hbond substituents is 1. The molecule has 19 heavy (non-hydrogen) atoms. The zero-order valence-electron chi connectivity index (χ0n) is 11.1. The highest BCUT2D eigenvalue weighted by molar-refractivity contribution is 5.73. The summed E-state index contributed by atoms with van der Waals surface area (Å²) in [6.45, 7) is 3.46. The summed E-state index contributed by atoms with van der Waals surface area (Å²) >= 11 is 0. The van der Waals surface area contributed by atoms with E-state index in [2.05, 4.69) is 11.0 Å². The van der Waals surface area contributed by atoms with Gasteiger partial charge in [0.15, 0.2) is 0 Å². The van der Waals surface area contributed by atoms with Crippen molar-refractivity contribution in [2.45, 2.75) is 20.0 Å². The Morgan fingerprint density at radius 2 is 1.84 bits per heavy atom. The molecule has 3 rings (SSSR count). The van der Waals surface area contributed by atoms with E-state index in [0.717, 1.165) is 23.2 Å². The molecular formula is C16H16FNO. The van der Waals surface area contributed by atoms with Crippen LogP contribution in [0, 0.1) is 12.7 Å². The minimum Gasteiger partial charge on any atom is -0.508 e. The van der Waals surface area contributed by atoms with Crippen LogP contribution >= 0.6 is 0 Å². The predicted molar refractivity (Wildman–Crippen MR) is 73.4 cm³/mol. The van der Waals surface area contributed by atoms with Gasteiger partial charge in [-0.05, 0) is 36.7 Å². The molecule has 1 aliphatic rings. The van der Waals surface area contributed by atoms with Gasteiger partial charge in [0.2, 0.25) is 0 Å². The first-order valence-corrected chi connectivity index (χ1v) is 6.34. The summed E-state index contributed by atoms with van der Waals surface area (Å²) in [5, 5.41) is 9.58. The minimum atomic E-state index is -0.351. The number of halogens is 1. The third-order valence-electron chi connectivity index (χ3n) is 3.57. The molecule has 1 N–H and O–H groups in total. The zero-order valence-corrected chi connectivity index (χ0v) is 11.1. The Morgan fingerprint density at radius 1 is 1.11 bits per heavy atom. The molecule has 0 saturated heterocycles. The third-order valence-corrected chi connectivity index (χ3v) is 3.57. The first kappa shape index (κ1) is 12.2. The summed E-state index contributed by atoms with van der Waals surface area (Å²) < 4.78 is 14.2. The fraction of sp³-hybridized carbons (Fsp3) is 0.250. The van der Waals surface area contributed by atoms with Crippen LogP contribution in [-0.4, -0.2) is 17.1 Å². The largest absolute Gasteiger partial charge is 0.508 e. The second-order valence-electron chi connectivity index (χ2n) is 5.29. The fourth-order valence-corrected chi connectivity index (χ4v) is 2.81. The molecule has 0 bridgehead atoms. The molecule has 98 valence electrons. The van der Waals surface area contributed by atoms with Gasteiger partial charge >= 0.3 is 0 Å². The van der Waals surface area contributed by atoms with E-state index < -0.39 is 0 Å². The van der Waals surface area contributed by atoms with E-state index >= 15 is 0 Å². The molecule has 0 spiro atoms. The van der Waals surface area contributed by atoms with Crippen LogP contribution < -0.4 is 0 Å². The minimum absolute atomic E-state index is 0.0137. The molecule has 2 aromatic rings. The summed E-state index contributed by atoms with van der Waals surface area (Å²) in [7, 11) is 2.00. The molecular weight excluding hydrogens is 241 g/mol. The SMILES string of the molecule is Cc1ccc2c(c1)CN(C)Cc1cc(O)cc(F)c1-2. The van der Waals surface area contributed by atoms with Crippen molar-refractivity contribution in [3.05, 3.63) is 52.8 Å². The fourth-order valence-electron chi connectivity index (χ4n) is 2.81. The van der Waals surface area contributed by atoms with Crippen LogP contribution in [0.1, 0.15) is 16.7 Å². The van der Waals surface area contributed by atoms with Crippen LogP contribution in [0.5, 0.6) is 5.75 Å². The molecule has 0 aromatic heterocycles. The highest BCUT2D eigenvalue weighted by Gasteiger charge is 2.21. The molecule has 2 nitrogen and oxygen atoms in total. The first-order chi connectivity index (χ1) is 9.04. The van der Waals surface area contributed by atoms with Crippen LogP contribution in [0.4, 0.5) is 4.39 Å². The van der Waals surface area contributed by atoms with Crippen molar-refractivity contribution >= 4 is 0 Å². The Hall–Kier alpha value is -1.87. The Morgan fingerprint density at radius 3 is 2.63 bits per heavy atom. The van der Waals surface area contributed by atoms with Crippen molar-refractivity contribution in [2.75, 3.05) is 7.05 Å². The van der Waals surface area contributed by atoms with E-state index in [1.807, 2.05) is 26.1 Å².